The molecule has 0 aliphatic heterocycles. The van der Waals surface area contributed by atoms with Gasteiger partial charge in [-0.25, -0.2) is 0 Å². The second-order valence-corrected chi connectivity index (χ2v) is 4.11. The Morgan fingerprint density at radius 3 is 2.40 bits per heavy atom. The van der Waals surface area contributed by atoms with Crippen molar-refractivity contribution in [2.75, 3.05) is 6.79 Å². The van der Waals surface area contributed by atoms with Gasteiger partial charge in [-0.3, -0.25) is 0 Å². The molecule has 0 heterocycles. The number of benzene rings is 2. The highest BCUT2D eigenvalue weighted by Crippen LogP contribution is 2.12. The monoisotopic (exact) mass is 272 g/mol. The van der Waals surface area contributed by atoms with Crippen LogP contribution in [-0.4, -0.2) is 17.8 Å². The lowest BCUT2D eigenvalue weighted by Gasteiger charge is -2.08. The molecule has 2 rings (SSSR count). The molecule has 5 nitrogen and oxygen atoms in total. The Kier molecular flexibility index (Phi) is 4.97. The Hall–Kier alpha value is -2.53. The van der Waals surface area contributed by atoms with Crippen molar-refractivity contribution in [3.8, 4) is 5.75 Å². The van der Waals surface area contributed by atoms with Gasteiger partial charge >= 0.3 is 0 Å². The highest BCUT2D eigenvalue weighted by atomic mass is 16.7. The van der Waals surface area contributed by atoms with Crippen molar-refractivity contribution >= 4 is 5.84 Å². The van der Waals surface area contributed by atoms with E-state index in [2.05, 4.69) is 5.16 Å². The Morgan fingerprint density at radius 2 is 1.75 bits per heavy atom. The zero-order valence-electron chi connectivity index (χ0n) is 10.9. The van der Waals surface area contributed by atoms with Crippen LogP contribution in [0.2, 0.25) is 0 Å². The van der Waals surface area contributed by atoms with Gasteiger partial charge in [-0.05, 0) is 29.8 Å². The van der Waals surface area contributed by atoms with Crippen molar-refractivity contribution in [3.63, 3.8) is 0 Å². The molecule has 0 aliphatic rings. The van der Waals surface area contributed by atoms with Gasteiger partial charge < -0.3 is 20.4 Å². The van der Waals surface area contributed by atoms with E-state index in [0.717, 1.165) is 5.56 Å². The van der Waals surface area contributed by atoms with E-state index in [-0.39, 0.29) is 12.6 Å². The maximum Gasteiger partial charge on any atom is 0.189 e. The molecule has 0 aliphatic carbocycles. The summed E-state index contributed by atoms with van der Waals surface area (Å²) >= 11 is 0. The molecule has 0 fully saturated rings. The van der Waals surface area contributed by atoms with Crippen molar-refractivity contribution in [3.05, 3.63) is 65.7 Å². The summed E-state index contributed by atoms with van der Waals surface area (Å²) < 4.78 is 10.8. The van der Waals surface area contributed by atoms with Gasteiger partial charge in [0.05, 0.1) is 6.61 Å². The summed E-state index contributed by atoms with van der Waals surface area (Å²) in [5.41, 5.74) is 7.19. The molecule has 0 unspecified atom stereocenters. The van der Waals surface area contributed by atoms with Crippen molar-refractivity contribution < 1.29 is 14.7 Å². The van der Waals surface area contributed by atoms with Gasteiger partial charge in [0.2, 0.25) is 0 Å². The SMILES string of the molecule is N/C(=N/O)c1ccc(OCOCc2ccccc2)cc1. The highest BCUT2D eigenvalue weighted by Gasteiger charge is 1.99. The highest BCUT2D eigenvalue weighted by molar-refractivity contribution is 5.97. The molecule has 0 radical (unpaired) electrons. The van der Waals surface area contributed by atoms with Crippen molar-refractivity contribution in [2.24, 2.45) is 10.9 Å². The third kappa shape index (κ3) is 4.00. The molecule has 104 valence electrons. The minimum Gasteiger partial charge on any atom is -0.468 e. The number of oxime groups is 1. The van der Waals surface area contributed by atoms with Gasteiger partial charge in [0.25, 0.3) is 0 Å². The van der Waals surface area contributed by atoms with Crippen molar-refractivity contribution in [2.45, 2.75) is 6.61 Å². The lowest BCUT2D eigenvalue weighted by atomic mass is 10.2. The topological polar surface area (TPSA) is 77.1 Å². The molecule has 0 saturated heterocycles. The zero-order chi connectivity index (χ0) is 14.2. The molecule has 0 atom stereocenters. The molecular formula is C15H16N2O3. The second kappa shape index (κ2) is 7.16. The quantitative estimate of drug-likeness (QED) is 0.211. The van der Waals surface area contributed by atoms with Gasteiger partial charge in [0.15, 0.2) is 12.6 Å². The third-order valence-electron chi connectivity index (χ3n) is 2.68. The number of amidine groups is 1. The maximum absolute atomic E-state index is 8.55. The molecule has 2 aromatic carbocycles. The summed E-state index contributed by atoms with van der Waals surface area (Å²) in [4.78, 5) is 0. The van der Waals surface area contributed by atoms with Crippen molar-refractivity contribution in [1.29, 1.82) is 0 Å². The summed E-state index contributed by atoms with van der Waals surface area (Å²) in [6, 6.07) is 16.8. The number of nitrogens with two attached hydrogens (primary N) is 1. The van der Waals surface area contributed by atoms with Gasteiger partial charge in [0, 0.05) is 5.56 Å². The summed E-state index contributed by atoms with van der Waals surface area (Å²) in [6.45, 7) is 0.668. The van der Waals surface area contributed by atoms with E-state index in [0.29, 0.717) is 17.9 Å². The van der Waals surface area contributed by atoms with Crippen molar-refractivity contribution in [1.82, 2.24) is 0 Å². The van der Waals surface area contributed by atoms with Gasteiger partial charge in [-0.15, -0.1) is 0 Å². The number of ether oxygens (including phenoxy) is 2. The van der Waals surface area contributed by atoms with Crippen LogP contribution in [0, 0.1) is 0 Å². The standard InChI is InChI=1S/C15H16N2O3/c16-15(17-18)13-6-8-14(9-7-13)20-11-19-10-12-4-2-1-3-5-12/h1-9,18H,10-11H2,(H2,16,17). The van der Waals surface area contributed by atoms with Crippen LogP contribution in [0.4, 0.5) is 0 Å². The lowest BCUT2D eigenvalue weighted by Crippen LogP contribution is -2.12. The smallest absolute Gasteiger partial charge is 0.189 e. The van der Waals surface area contributed by atoms with E-state index in [1.54, 1.807) is 24.3 Å². The van der Waals surface area contributed by atoms with Crippen LogP contribution in [0.25, 0.3) is 0 Å². The molecule has 0 bridgehead atoms. The summed E-state index contributed by atoms with van der Waals surface area (Å²) in [5.74, 6) is 0.726. The fourth-order valence-corrected chi connectivity index (χ4v) is 1.62. The predicted molar refractivity (Wildman–Crippen MR) is 75.7 cm³/mol. The minimum absolute atomic E-state index is 0.0666. The van der Waals surface area contributed by atoms with Crippen LogP contribution in [0.15, 0.2) is 59.8 Å². The van der Waals surface area contributed by atoms with Gasteiger partial charge in [-0.2, -0.15) is 0 Å². The van der Waals surface area contributed by atoms with Crippen LogP contribution in [0.3, 0.4) is 0 Å². The molecule has 0 amide bonds. The van der Waals surface area contributed by atoms with Crippen LogP contribution >= 0.6 is 0 Å². The van der Waals surface area contributed by atoms with E-state index in [9.17, 15) is 0 Å². The molecule has 2 aromatic rings. The summed E-state index contributed by atoms with van der Waals surface area (Å²) in [5, 5.41) is 11.5. The fraction of sp³-hybridized carbons (Fsp3) is 0.133. The second-order valence-electron chi connectivity index (χ2n) is 4.11. The van der Waals surface area contributed by atoms with E-state index in [1.807, 2.05) is 30.3 Å². The Balaban J connectivity index is 1.77. The molecule has 0 saturated carbocycles. The number of nitrogens with zero attached hydrogens (tertiary/aromatic N) is 1. The van der Waals surface area contributed by atoms with Crippen LogP contribution in [0.5, 0.6) is 5.75 Å². The first kappa shape index (κ1) is 13.9. The molecule has 20 heavy (non-hydrogen) atoms. The fourth-order valence-electron chi connectivity index (χ4n) is 1.62. The van der Waals surface area contributed by atoms with Gasteiger partial charge in [0.1, 0.15) is 5.75 Å². The normalized spacial score (nSPS) is 11.3. The van der Waals surface area contributed by atoms with E-state index in [1.165, 1.54) is 0 Å². The Morgan fingerprint density at radius 1 is 1.05 bits per heavy atom. The average molecular weight is 272 g/mol. The number of hydrogen-bond donors (Lipinski definition) is 2. The minimum atomic E-state index is 0.0666. The van der Waals surface area contributed by atoms with Crippen LogP contribution in [-0.2, 0) is 11.3 Å². The maximum atomic E-state index is 8.55. The number of rotatable bonds is 6. The average Bonchev–Trinajstić information content (AvgIpc) is 2.52. The lowest BCUT2D eigenvalue weighted by molar-refractivity contribution is 0.00505. The van der Waals surface area contributed by atoms with E-state index >= 15 is 0 Å². The zero-order valence-corrected chi connectivity index (χ0v) is 10.9. The van der Waals surface area contributed by atoms with E-state index < -0.39 is 0 Å². The third-order valence-corrected chi connectivity index (χ3v) is 2.68. The predicted octanol–water partition coefficient (Wildman–Crippen LogP) is 2.33. The van der Waals surface area contributed by atoms with Gasteiger partial charge in [-0.1, -0.05) is 35.5 Å². The number of hydrogen-bond acceptors (Lipinski definition) is 4. The first-order chi connectivity index (χ1) is 9.79. The molecule has 5 heteroatoms. The van der Waals surface area contributed by atoms with E-state index in [4.69, 9.17) is 20.4 Å². The molecule has 0 spiro atoms. The van der Waals surface area contributed by atoms with Crippen LogP contribution < -0.4 is 10.5 Å². The molecule has 3 N–H and O–H groups in total. The van der Waals surface area contributed by atoms with Crippen LogP contribution in [0.1, 0.15) is 11.1 Å². The summed E-state index contributed by atoms with van der Waals surface area (Å²) in [6.07, 6.45) is 0. The first-order valence-electron chi connectivity index (χ1n) is 6.12. The summed E-state index contributed by atoms with van der Waals surface area (Å²) in [7, 11) is 0. The Bertz CT molecular complexity index is 553. The molecular weight excluding hydrogens is 256 g/mol. The molecule has 0 aromatic heterocycles. The Labute approximate surface area is 117 Å². The first-order valence-corrected chi connectivity index (χ1v) is 6.12. The largest absolute Gasteiger partial charge is 0.468 e.